The number of aromatic hydroxyl groups is 1. The Morgan fingerprint density at radius 3 is 2.00 bits per heavy atom. The highest BCUT2D eigenvalue weighted by Crippen LogP contribution is 2.47. The highest BCUT2D eigenvalue weighted by molar-refractivity contribution is 7.85. The molecule has 25 heavy (non-hydrogen) atoms. The third-order valence-electron chi connectivity index (χ3n) is 2.94. The molecule has 0 spiro atoms. The van der Waals surface area contributed by atoms with Gasteiger partial charge in [-0.25, -0.2) is 4.79 Å². The van der Waals surface area contributed by atoms with Crippen LogP contribution >= 0.6 is 0 Å². The summed E-state index contributed by atoms with van der Waals surface area (Å²) >= 11 is 0. The van der Waals surface area contributed by atoms with Crippen LogP contribution in [0.1, 0.15) is 10.4 Å². The van der Waals surface area contributed by atoms with Crippen LogP contribution in [0.3, 0.4) is 0 Å². The van der Waals surface area contributed by atoms with Crippen LogP contribution in [0.2, 0.25) is 0 Å². The predicted molar refractivity (Wildman–Crippen MR) is 73.0 cm³/mol. The Balaban J connectivity index is 3.53. The van der Waals surface area contributed by atoms with Crippen molar-refractivity contribution >= 4 is 29.4 Å². The van der Waals surface area contributed by atoms with Gasteiger partial charge in [0.25, 0.3) is 10.1 Å². The van der Waals surface area contributed by atoms with Gasteiger partial charge in [0.1, 0.15) is 24.9 Å². The molecular formula is C11H9BF6O6S. The fourth-order valence-electron chi connectivity index (χ4n) is 1.75. The lowest BCUT2D eigenvalue weighted by atomic mass is 9.94. The van der Waals surface area contributed by atoms with E-state index in [0.717, 1.165) is 12.1 Å². The number of hydrogen-bond acceptors (Lipinski definition) is 5. The molecule has 140 valence electrons. The number of halogens is 6. The van der Waals surface area contributed by atoms with E-state index in [1.54, 1.807) is 0 Å². The summed E-state index contributed by atoms with van der Waals surface area (Å²) in [5.41, 5.74) is -6.39. The van der Waals surface area contributed by atoms with Crippen molar-refractivity contribution < 1.29 is 54.0 Å². The summed E-state index contributed by atoms with van der Waals surface area (Å²) in [4.78, 5) is 11.8. The molecule has 0 atom stereocenters. The van der Waals surface area contributed by atoms with Gasteiger partial charge in [-0.1, -0.05) is 17.6 Å². The third-order valence-corrected chi connectivity index (χ3v) is 3.71. The van der Waals surface area contributed by atoms with Gasteiger partial charge in [0.2, 0.25) is 0 Å². The fourth-order valence-corrected chi connectivity index (χ4v) is 2.65. The molecule has 2 N–H and O–H groups in total. The first kappa shape index (κ1) is 21.1. The molecule has 0 unspecified atom stereocenters. The number of carbonyl (C=O) groups is 1. The van der Waals surface area contributed by atoms with Crippen LogP contribution in [0, 0.1) is 0 Å². The monoisotopic (exact) mass is 394 g/mol. The number of phenolic OH excluding ortho intramolecular Hbond substituents is 1. The molecule has 1 aromatic carbocycles. The Bertz CT molecular complexity index is 758. The average molecular weight is 394 g/mol. The second-order valence-electron chi connectivity index (χ2n) is 4.96. The van der Waals surface area contributed by atoms with Crippen molar-refractivity contribution in [1.29, 1.82) is 0 Å². The Hall–Kier alpha value is -1.96. The Morgan fingerprint density at radius 1 is 1.12 bits per heavy atom. The maximum Gasteiger partial charge on any atom is 0.438 e. The van der Waals surface area contributed by atoms with Gasteiger partial charge in [0, 0.05) is 0 Å². The van der Waals surface area contributed by atoms with E-state index < -0.39 is 51.1 Å². The Labute approximate surface area is 137 Å². The number of carbonyl (C=O) groups excluding carboxylic acids is 1. The molecule has 0 heterocycles. The Morgan fingerprint density at radius 2 is 1.60 bits per heavy atom. The minimum atomic E-state index is -6.43. The molecule has 0 aliphatic heterocycles. The number of ether oxygens (including phenoxy) is 1. The SMILES string of the molecule is Bc1ccc(O)c(C(=O)OC(CS(=O)(=O)O)(C(F)(F)F)C(F)(F)F)c1. The van der Waals surface area contributed by atoms with Crippen molar-refractivity contribution in [2.45, 2.75) is 18.0 Å². The van der Waals surface area contributed by atoms with E-state index in [-0.39, 0.29) is 5.46 Å². The van der Waals surface area contributed by atoms with E-state index in [1.807, 2.05) is 0 Å². The standard InChI is InChI=1S/C11H9BF6O6S/c12-5-1-2-7(19)6(3-5)8(20)24-9(10(13,14)15,11(16,17)18)4-25(21,22)23/h1-3,19H,4,12H2,(H,21,22,23). The quantitative estimate of drug-likeness (QED) is 0.335. The zero-order valence-electron chi connectivity index (χ0n) is 12.1. The Kier molecular flexibility index (Phi) is 5.40. The molecule has 0 saturated heterocycles. The van der Waals surface area contributed by atoms with E-state index in [2.05, 4.69) is 4.74 Å². The zero-order chi connectivity index (χ0) is 19.8. The summed E-state index contributed by atoms with van der Waals surface area (Å²) in [6.45, 7) is 0. The molecule has 6 nitrogen and oxygen atoms in total. The summed E-state index contributed by atoms with van der Waals surface area (Å²) in [5.74, 6) is -6.26. The lowest BCUT2D eigenvalue weighted by molar-refractivity contribution is -0.356. The van der Waals surface area contributed by atoms with Crippen molar-refractivity contribution in [2.24, 2.45) is 0 Å². The van der Waals surface area contributed by atoms with E-state index in [4.69, 9.17) is 4.55 Å². The molecule has 0 amide bonds. The first-order valence-corrected chi connectivity index (χ1v) is 7.73. The molecule has 0 fully saturated rings. The molecule has 1 aromatic rings. The molecule has 0 aliphatic rings. The summed E-state index contributed by atoms with van der Waals surface area (Å²) in [5, 5.41) is 9.41. The average Bonchev–Trinajstić information content (AvgIpc) is 2.36. The van der Waals surface area contributed by atoms with Gasteiger partial charge in [-0.2, -0.15) is 34.8 Å². The van der Waals surface area contributed by atoms with Crippen molar-refractivity contribution in [2.75, 3.05) is 5.75 Å². The maximum absolute atomic E-state index is 13.0. The van der Waals surface area contributed by atoms with Crippen LogP contribution in [-0.2, 0) is 14.9 Å². The molecule has 0 radical (unpaired) electrons. The second-order valence-corrected chi connectivity index (χ2v) is 6.41. The van der Waals surface area contributed by atoms with Gasteiger partial charge in [0.05, 0.1) is 0 Å². The number of hydrogen-bond donors (Lipinski definition) is 2. The normalized spacial score (nSPS) is 13.6. The largest absolute Gasteiger partial charge is 0.507 e. The van der Waals surface area contributed by atoms with Crippen molar-refractivity contribution in [3.05, 3.63) is 23.8 Å². The van der Waals surface area contributed by atoms with Crippen molar-refractivity contribution in [1.82, 2.24) is 0 Å². The summed E-state index contributed by atoms with van der Waals surface area (Å²) in [6, 6.07) is 2.76. The zero-order valence-corrected chi connectivity index (χ0v) is 13.0. The lowest BCUT2D eigenvalue weighted by Crippen LogP contribution is -2.63. The van der Waals surface area contributed by atoms with E-state index >= 15 is 0 Å². The van der Waals surface area contributed by atoms with Gasteiger partial charge in [-0.05, 0) is 6.07 Å². The minimum absolute atomic E-state index is 0.184. The van der Waals surface area contributed by atoms with Crippen molar-refractivity contribution in [3.8, 4) is 5.75 Å². The number of benzene rings is 1. The second kappa shape index (κ2) is 6.40. The molecule has 14 heteroatoms. The predicted octanol–water partition coefficient (Wildman–Crippen LogP) is 0.559. The van der Waals surface area contributed by atoms with Gasteiger partial charge >= 0.3 is 23.9 Å². The summed E-state index contributed by atoms with van der Waals surface area (Å²) in [7, 11) is -4.56. The van der Waals surface area contributed by atoms with E-state index in [0.29, 0.717) is 0 Å². The summed E-state index contributed by atoms with van der Waals surface area (Å²) < 4.78 is 111. The first-order chi connectivity index (χ1) is 11.0. The van der Waals surface area contributed by atoms with E-state index in [9.17, 15) is 44.7 Å². The van der Waals surface area contributed by atoms with Crippen molar-refractivity contribution in [3.63, 3.8) is 0 Å². The maximum atomic E-state index is 13.0. The minimum Gasteiger partial charge on any atom is -0.507 e. The van der Waals surface area contributed by atoms with Gasteiger partial charge in [-0.15, -0.1) is 0 Å². The summed E-state index contributed by atoms with van der Waals surface area (Å²) in [6.07, 6.45) is -12.9. The molecule has 0 aromatic heterocycles. The van der Waals surface area contributed by atoms with Crippen LogP contribution in [0.5, 0.6) is 5.75 Å². The number of phenols is 1. The molecule has 0 aliphatic carbocycles. The number of rotatable bonds is 4. The van der Waals surface area contributed by atoms with E-state index in [1.165, 1.54) is 13.9 Å². The van der Waals surface area contributed by atoms with Crippen LogP contribution in [-0.4, -0.2) is 55.6 Å². The first-order valence-electron chi connectivity index (χ1n) is 6.12. The molecule has 0 saturated carbocycles. The molecule has 1 rings (SSSR count). The van der Waals surface area contributed by atoms with Gasteiger partial charge in [-0.3, -0.25) is 4.55 Å². The lowest BCUT2D eigenvalue weighted by Gasteiger charge is -2.35. The third kappa shape index (κ3) is 4.57. The smallest absolute Gasteiger partial charge is 0.438 e. The fraction of sp³-hybridized carbons (Fsp3) is 0.364. The van der Waals surface area contributed by atoms with Gasteiger partial charge < -0.3 is 9.84 Å². The van der Waals surface area contributed by atoms with Gasteiger partial charge in [0.15, 0.2) is 0 Å². The number of alkyl halides is 6. The van der Waals surface area contributed by atoms with Crippen LogP contribution in [0.15, 0.2) is 18.2 Å². The molecule has 0 bridgehead atoms. The van der Waals surface area contributed by atoms with Crippen LogP contribution in [0.25, 0.3) is 0 Å². The van der Waals surface area contributed by atoms with Crippen LogP contribution in [0.4, 0.5) is 26.3 Å². The molecular weight excluding hydrogens is 385 g/mol. The highest BCUT2D eigenvalue weighted by Gasteiger charge is 2.76. The number of esters is 1. The highest BCUT2D eigenvalue weighted by atomic mass is 32.2. The topological polar surface area (TPSA) is 101 Å². The van der Waals surface area contributed by atoms with Crippen LogP contribution < -0.4 is 5.46 Å².